The Morgan fingerprint density at radius 2 is 2.16 bits per heavy atom. The summed E-state index contributed by atoms with van der Waals surface area (Å²) in [5, 5.41) is 10.2. The summed E-state index contributed by atoms with van der Waals surface area (Å²) >= 11 is 0. The molecule has 136 valence electrons. The number of hydrogen-bond donors (Lipinski definition) is 2. The zero-order chi connectivity index (χ0) is 16.9. The van der Waals surface area contributed by atoms with E-state index in [0.29, 0.717) is 35.7 Å². The lowest BCUT2D eigenvalue weighted by atomic mass is 10.1. The van der Waals surface area contributed by atoms with Gasteiger partial charge in [0.05, 0.1) is 0 Å². The Bertz CT molecular complexity index is 716. The van der Waals surface area contributed by atoms with Crippen molar-refractivity contribution < 1.29 is 13.7 Å². The van der Waals surface area contributed by atoms with Crippen LogP contribution in [0.1, 0.15) is 30.7 Å². The number of hydrogen-bond acceptors (Lipinski definition) is 5. The van der Waals surface area contributed by atoms with Crippen LogP contribution in [0, 0.1) is 12.7 Å². The maximum absolute atomic E-state index is 13.3. The Morgan fingerprint density at radius 3 is 2.88 bits per heavy atom. The van der Waals surface area contributed by atoms with E-state index in [0.717, 1.165) is 25.9 Å². The van der Waals surface area contributed by atoms with Gasteiger partial charge in [0.1, 0.15) is 5.82 Å². The first-order chi connectivity index (χ1) is 11.6. The van der Waals surface area contributed by atoms with Crippen LogP contribution < -0.4 is 10.6 Å². The van der Waals surface area contributed by atoms with Gasteiger partial charge in [-0.25, -0.2) is 4.39 Å². The van der Waals surface area contributed by atoms with Gasteiger partial charge in [-0.1, -0.05) is 5.16 Å². The molecule has 1 aliphatic heterocycles. The van der Waals surface area contributed by atoms with Crippen LogP contribution >= 0.6 is 12.4 Å². The number of nitrogens with one attached hydrogen (secondary N) is 2. The molecule has 2 aromatic rings. The van der Waals surface area contributed by atoms with Crippen molar-refractivity contribution >= 4 is 18.3 Å². The number of carbonyl (C=O) groups excluding carboxylic acids is 1. The molecule has 0 radical (unpaired) electrons. The molecule has 1 saturated heterocycles. The summed E-state index contributed by atoms with van der Waals surface area (Å²) in [4.78, 5) is 16.3. The van der Waals surface area contributed by atoms with Gasteiger partial charge in [-0.05, 0) is 56.6 Å². The highest BCUT2D eigenvalue weighted by Crippen LogP contribution is 2.19. The number of rotatable bonds is 5. The van der Waals surface area contributed by atoms with E-state index in [1.54, 1.807) is 19.1 Å². The van der Waals surface area contributed by atoms with Gasteiger partial charge in [-0.15, -0.1) is 12.4 Å². The number of piperidine rings is 1. The average molecular weight is 369 g/mol. The van der Waals surface area contributed by atoms with Crippen molar-refractivity contribution in [1.29, 1.82) is 0 Å². The fourth-order valence-electron chi connectivity index (χ4n) is 2.74. The number of halogens is 2. The Hall–Kier alpha value is -1.99. The maximum atomic E-state index is 13.3. The topological polar surface area (TPSA) is 80.0 Å². The quantitative estimate of drug-likeness (QED) is 0.847. The molecule has 0 saturated carbocycles. The number of amides is 1. The fraction of sp³-hybridized carbons (Fsp3) is 0.471. The normalized spacial score (nSPS) is 14.8. The number of carbonyl (C=O) groups is 1. The number of benzene rings is 1. The Kier molecular flexibility index (Phi) is 6.90. The van der Waals surface area contributed by atoms with Gasteiger partial charge in [0.2, 0.25) is 17.6 Å². The zero-order valence-corrected chi connectivity index (χ0v) is 14.9. The van der Waals surface area contributed by atoms with Crippen LogP contribution in [0.4, 0.5) is 4.39 Å². The second kappa shape index (κ2) is 8.92. The number of nitrogens with zero attached hydrogens (tertiary/aromatic N) is 2. The SMILES string of the molecule is Cc1cc(-c2noc(CCC(=O)NC3CCNCC3)n2)ccc1F.Cl. The summed E-state index contributed by atoms with van der Waals surface area (Å²) in [5.74, 6) is 0.552. The molecular weight excluding hydrogens is 347 g/mol. The molecule has 0 atom stereocenters. The first kappa shape index (κ1) is 19.3. The summed E-state index contributed by atoms with van der Waals surface area (Å²) in [7, 11) is 0. The molecule has 2 heterocycles. The summed E-state index contributed by atoms with van der Waals surface area (Å²) in [6.45, 7) is 3.56. The first-order valence-electron chi connectivity index (χ1n) is 8.21. The van der Waals surface area contributed by atoms with Gasteiger partial charge in [0, 0.05) is 24.4 Å². The fourth-order valence-corrected chi connectivity index (χ4v) is 2.74. The van der Waals surface area contributed by atoms with Crippen LogP contribution in [0.5, 0.6) is 0 Å². The van der Waals surface area contributed by atoms with Crippen molar-refractivity contribution in [3.05, 3.63) is 35.5 Å². The van der Waals surface area contributed by atoms with Crippen LogP contribution in [0.2, 0.25) is 0 Å². The van der Waals surface area contributed by atoms with Gasteiger partial charge in [0.25, 0.3) is 0 Å². The summed E-state index contributed by atoms with van der Waals surface area (Å²) in [6.07, 6.45) is 2.62. The molecule has 0 aliphatic carbocycles. The first-order valence-corrected chi connectivity index (χ1v) is 8.21. The summed E-state index contributed by atoms with van der Waals surface area (Å²) in [5.41, 5.74) is 1.23. The monoisotopic (exact) mass is 368 g/mol. The van der Waals surface area contributed by atoms with Gasteiger partial charge < -0.3 is 15.2 Å². The molecule has 0 spiro atoms. The van der Waals surface area contributed by atoms with Crippen LogP contribution in [0.15, 0.2) is 22.7 Å². The van der Waals surface area contributed by atoms with E-state index in [9.17, 15) is 9.18 Å². The van der Waals surface area contributed by atoms with E-state index in [4.69, 9.17) is 4.52 Å². The lowest BCUT2D eigenvalue weighted by Gasteiger charge is -2.23. The van der Waals surface area contributed by atoms with E-state index >= 15 is 0 Å². The molecule has 6 nitrogen and oxygen atoms in total. The number of aryl methyl sites for hydroxylation is 2. The van der Waals surface area contributed by atoms with E-state index in [1.807, 2.05) is 0 Å². The smallest absolute Gasteiger partial charge is 0.227 e. The molecule has 0 bridgehead atoms. The lowest BCUT2D eigenvalue weighted by molar-refractivity contribution is -0.122. The van der Waals surface area contributed by atoms with E-state index in [1.165, 1.54) is 6.07 Å². The molecule has 8 heteroatoms. The van der Waals surface area contributed by atoms with Crippen molar-refractivity contribution in [1.82, 2.24) is 20.8 Å². The largest absolute Gasteiger partial charge is 0.353 e. The molecule has 3 rings (SSSR count). The van der Waals surface area contributed by atoms with E-state index in [-0.39, 0.29) is 30.2 Å². The summed E-state index contributed by atoms with van der Waals surface area (Å²) in [6, 6.07) is 4.92. The predicted octanol–water partition coefficient (Wildman–Crippen LogP) is 2.41. The van der Waals surface area contributed by atoms with Crippen molar-refractivity contribution in [2.45, 2.75) is 38.6 Å². The van der Waals surface area contributed by atoms with Crippen LogP contribution in [0.25, 0.3) is 11.4 Å². The Labute approximate surface area is 152 Å². The molecule has 1 aromatic carbocycles. The van der Waals surface area contributed by atoms with Crippen LogP contribution in [0.3, 0.4) is 0 Å². The maximum Gasteiger partial charge on any atom is 0.227 e. The highest BCUT2D eigenvalue weighted by atomic mass is 35.5. The van der Waals surface area contributed by atoms with Crippen molar-refractivity contribution in [2.75, 3.05) is 13.1 Å². The third-order valence-electron chi connectivity index (χ3n) is 4.15. The van der Waals surface area contributed by atoms with Gasteiger partial charge >= 0.3 is 0 Å². The molecule has 1 aromatic heterocycles. The molecule has 1 amide bonds. The molecule has 0 unspecified atom stereocenters. The highest BCUT2D eigenvalue weighted by Gasteiger charge is 2.16. The predicted molar refractivity (Wildman–Crippen MR) is 94.0 cm³/mol. The number of aromatic nitrogens is 2. The molecule has 25 heavy (non-hydrogen) atoms. The summed E-state index contributed by atoms with van der Waals surface area (Å²) < 4.78 is 18.5. The minimum atomic E-state index is -0.267. The molecule has 2 N–H and O–H groups in total. The van der Waals surface area contributed by atoms with Crippen LogP contribution in [-0.4, -0.2) is 35.2 Å². The van der Waals surface area contributed by atoms with E-state index in [2.05, 4.69) is 20.8 Å². The van der Waals surface area contributed by atoms with Gasteiger partial charge in [0.15, 0.2) is 0 Å². The minimum Gasteiger partial charge on any atom is -0.353 e. The molecular formula is C17H22ClFN4O2. The molecule has 1 aliphatic rings. The zero-order valence-electron chi connectivity index (χ0n) is 14.0. The average Bonchev–Trinajstić information content (AvgIpc) is 3.05. The molecule has 1 fully saturated rings. The van der Waals surface area contributed by atoms with Gasteiger partial charge in [-0.2, -0.15) is 4.98 Å². The van der Waals surface area contributed by atoms with Crippen molar-refractivity contribution in [3.63, 3.8) is 0 Å². The second-order valence-electron chi connectivity index (χ2n) is 6.07. The van der Waals surface area contributed by atoms with E-state index < -0.39 is 0 Å². The third kappa shape index (κ3) is 5.24. The second-order valence-corrected chi connectivity index (χ2v) is 6.07. The standard InChI is InChI=1S/C17H21FN4O2.ClH/c1-11-10-12(2-3-14(11)18)17-21-16(24-22-17)5-4-15(23)20-13-6-8-19-9-7-13;/h2-3,10,13,19H,4-9H2,1H3,(H,20,23);1H. The lowest BCUT2D eigenvalue weighted by Crippen LogP contribution is -2.42. The third-order valence-corrected chi connectivity index (χ3v) is 4.15. The van der Waals surface area contributed by atoms with Crippen molar-refractivity contribution in [2.24, 2.45) is 0 Å². The Morgan fingerprint density at radius 1 is 1.40 bits per heavy atom. The Balaban J connectivity index is 0.00000225. The van der Waals surface area contributed by atoms with Gasteiger partial charge in [-0.3, -0.25) is 4.79 Å². The minimum absolute atomic E-state index is 0. The van der Waals surface area contributed by atoms with Crippen LogP contribution in [-0.2, 0) is 11.2 Å². The highest BCUT2D eigenvalue weighted by molar-refractivity contribution is 5.85. The van der Waals surface area contributed by atoms with Crippen molar-refractivity contribution in [3.8, 4) is 11.4 Å².